The van der Waals surface area contributed by atoms with Gasteiger partial charge in [0.25, 0.3) is 0 Å². The Hall–Kier alpha value is -2.98. The second kappa shape index (κ2) is 7.73. The third-order valence-corrected chi connectivity index (χ3v) is 3.77. The molecule has 0 saturated carbocycles. The molecule has 0 atom stereocenters. The summed E-state index contributed by atoms with van der Waals surface area (Å²) in [5, 5.41) is 20.4. The van der Waals surface area contributed by atoms with E-state index in [1.807, 2.05) is 30.3 Å². The smallest absolute Gasteiger partial charge is 0.141 e. The summed E-state index contributed by atoms with van der Waals surface area (Å²) in [4.78, 5) is 4.16. The van der Waals surface area contributed by atoms with E-state index >= 15 is 0 Å². The van der Waals surface area contributed by atoms with Gasteiger partial charge in [0.05, 0.1) is 0 Å². The van der Waals surface area contributed by atoms with Crippen LogP contribution in [-0.4, -0.2) is 16.4 Å². The van der Waals surface area contributed by atoms with E-state index in [-0.39, 0.29) is 11.5 Å². The van der Waals surface area contributed by atoms with Gasteiger partial charge in [-0.05, 0) is 35.9 Å². The fourth-order valence-electron chi connectivity index (χ4n) is 2.20. The molecule has 25 heavy (non-hydrogen) atoms. The predicted octanol–water partition coefficient (Wildman–Crippen LogP) is 5.08. The molecule has 126 valence electrons. The van der Waals surface area contributed by atoms with Crippen molar-refractivity contribution in [2.24, 2.45) is 4.99 Å². The third-order valence-electron chi connectivity index (χ3n) is 3.53. The Kier molecular flexibility index (Phi) is 5.21. The van der Waals surface area contributed by atoms with Crippen LogP contribution in [0.3, 0.4) is 0 Å². The SMILES string of the molecule is Oc1cc(OCc2ccccc2)ccc1C=Nc1cc(Cl)ccc1O. The van der Waals surface area contributed by atoms with Crippen LogP contribution >= 0.6 is 11.6 Å². The molecule has 0 saturated heterocycles. The van der Waals surface area contributed by atoms with Gasteiger partial charge in [-0.3, -0.25) is 4.99 Å². The molecule has 2 N–H and O–H groups in total. The second-order valence-corrected chi connectivity index (χ2v) is 5.82. The Morgan fingerprint density at radius 3 is 2.48 bits per heavy atom. The quantitative estimate of drug-likeness (QED) is 0.629. The molecule has 5 heteroatoms. The minimum Gasteiger partial charge on any atom is -0.507 e. The van der Waals surface area contributed by atoms with Crippen LogP contribution < -0.4 is 4.74 Å². The van der Waals surface area contributed by atoms with Crippen molar-refractivity contribution in [3.8, 4) is 17.2 Å². The van der Waals surface area contributed by atoms with E-state index in [0.717, 1.165) is 5.56 Å². The number of aliphatic imine (C=N–C) groups is 1. The molecule has 0 bridgehead atoms. The first-order chi connectivity index (χ1) is 12.1. The summed E-state index contributed by atoms with van der Waals surface area (Å²) >= 11 is 5.88. The van der Waals surface area contributed by atoms with E-state index in [1.165, 1.54) is 18.3 Å². The Morgan fingerprint density at radius 1 is 0.920 bits per heavy atom. The van der Waals surface area contributed by atoms with Crippen molar-refractivity contribution >= 4 is 23.5 Å². The Morgan fingerprint density at radius 2 is 1.72 bits per heavy atom. The summed E-state index contributed by atoms with van der Waals surface area (Å²) in [7, 11) is 0. The first kappa shape index (κ1) is 16.9. The highest BCUT2D eigenvalue weighted by molar-refractivity contribution is 6.30. The predicted molar refractivity (Wildman–Crippen MR) is 99.3 cm³/mol. The van der Waals surface area contributed by atoms with E-state index < -0.39 is 0 Å². The summed E-state index contributed by atoms with van der Waals surface area (Å²) in [6, 6.07) is 19.3. The van der Waals surface area contributed by atoms with Crippen molar-refractivity contribution in [1.29, 1.82) is 0 Å². The maximum atomic E-state index is 10.1. The van der Waals surface area contributed by atoms with Crippen LogP contribution in [0.4, 0.5) is 5.69 Å². The lowest BCUT2D eigenvalue weighted by molar-refractivity contribution is 0.304. The van der Waals surface area contributed by atoms with Crippen molar-refractivity contribution in [3.05, 3.63) is 82.9 Å². The number of hydrogen-bond acceptors (Lipinski definition) is 4. The summed E-state index contributed by atoms with van der Waals surface area (Å²) in [6.45, 7) is 0.421. The van der Waals surface area contributed by atoms with E-state index in [0.29, 0.717) is 28.6 Å². The maximum Gasteiger partial charge on any atom is 0.141 e. The molecule has 3 aromatic rings. The summed E-state index contributed by atoms with van der Waals surface area (Å²) < 4.78 is 5.66. The zero-order chi connectivity index (χ0) is 17.6. The molecule has 0 heterocycles. The van der Waals surface area contributed by atoms with E-state index in [2.05, 4.69) is 4.99 Å². The van der Waals surface area contributed by atoms with Crippen molar-refractivity contribution in [1.82, 2.24) is 0 Å². The molecule has 3 aromatic carbocycles. The lowest BCUT2D eigenvalue weighted by atomic mass is 10.2. The molecule has 0 aliphatic heterocycles. The van der Waals surface area contributed by atoms with Gasteiger partial charge in [-0.15, -0.1) is 0 Å². The van der Waals surface area contributed by atoms with Gasteiger partial charge in [0.1, 0.15) is 29.5 Å². The summed E-state index contributed by atoms with van der Waals surface area (Å²) in [6.07, 6.45) is 1.46. The van der Waals surface area contributed by atoms with Crippen molar-refractivity contribution in [3.63, 3.8) is 0 Å². The average Bonchev–Trinajstić information content (AvgIpc) is 2.62. The fraction of sp³-hybridized carbons (Fsp3) is 0.0500. The Labute approximate surface area is 150 Å². The second-order valence-electron chi connectivity index (χ2n) is 5.39. The minimum absolute atomic E-state index is 0.0166. The van der Waals surface area contributed by atoms with Crippen molar-refractivity contribution in [2.75, 3.05) is 0 Å². The molecule has 0 amide bonds. The molecule has 3 rings (SSSR count). The normalized spacial score (nSPS) is 10.9. The van der Waals surface area contributed by atoms with Crippen LogP contribution in [0.25, 0.3) is 0 Å². The first-order valence-corrected chi connectivity index (χ1v) is 8.02. The van der Waals surface area contributed by atoms with Crippen LogP contribution in [0, 0.1) is 0 Å². The molecule has 0 fully saturated rings. The molecular weight excluding hydrogens is 338 g/mol. The third kappa shape index (κ3) is 4.52. The highest BCUT2D eigenvalue weighted by Gasteiger charge is 2.04. The number of rotatable bonds is 5. The van der Waals surface area contributed by atoms with Crippen LogP contribution in [0.15, 0.2) is 71.7 Å². The molecule has 0 aromatic heterocycles. The molecule has 0 radical (unpaired) electrons. The first-order valence-electron chi connectivity index (χ1n) is 7.64. The van der Waals surface area contributed by atoms with Gasteiger partial charge in [0, 0.05) is 22.9 Å². The zero-order valence-corrected chi connectivity index (χ0v) is 14.0. The highest BCUT2D eigenvalue weighted by Crippen LogP contribution is 2.30. The number of aromatic hydroxyl groups is 2. The molecule has 0 unspecified atom stereocenters. The molecular formula is C20H16ClNO3. The fourth-order valence-corrected chi connectivity index (χ4v) is 2.37. The summed E-state index contributed by atoms with van der Waals surface area (Å²) in [5.74, 6) is 0.614. The topological polar surface area (TPSA) is 62.0 Å². The number of halogens is 1. The van der Waals surface area contributed by atoms with Gasteiger partial charge in [0.15, 0.2) is 0 Å². The van der Waals surface area contributed by atoms with Crippen molar-refractivity contribution < 1.29 is 14.9 Å². The molecule has 0 spiro atoms. The van der Waals surface area contributed by atoms with Crippen LogP contribution in [0.1, 0.15) is 11.1 Å². The number of ether oxygens (including phenoxy) is 1. The molecule has 0 aliphatic carbocycles. The zero-order valence-electron chi connectivity index (χ0n) is 13.3. The van der Waals surface area contributed by atoms with Crippen LogP contribution in [-0.2, 0) is 6.61 Å². The maximum absolute atomic E-state index is 10.1. The van der Waals surface area contributed by atoms with Gasteiger partial charge >= 0.3 is 0 Å². The monoisotopic (exact) mass is 353 g/mol. The number of phenols is 2. The van der Waals surface area contributed by atoms with Gasteiger partial charge in [-0.2, -0.15) is 0 Å². The van der Waals surface area contributed by atoms with Crippen LogP contribution in [0.5, 0.6) is 17.2 Å². The van der Waals surface area contributed by atoms with Crippen molar-refractivity contribution in [2.45, 2.75) is 6.61 Å². The molecule has 4 nitrogen and oxygen atoms in total. The highest BCUT2D eigenvalue weighted by atomic mass is 35.5. The van der Waals surface area contributed by atoms with Gasteiger partial charge in [-0.1, -0.05) is 41.9 Å². The standard InChI is InChI=1S/C20H16ClNO3/c21-16-7-9-19(23)18(10-16)22-12-15-6-8-17(11-20(15)24)25-13-14-4-2-1-3-5-14/h1-12,23-24H,13H2. The number of nitrogens with zero attached hydrogens (tertiary/aromatic N) is 1. The number of hydrogen-bond donors (Lipinski definition) is 2. The Bertz CT molecular complexity index is 895. The average molecular weight is 354 g/mol. The van der Waals surface area contributed by atoms with Gasteiger partial charge in [0.2, 0.25) is 0 Å². The van der Waals surface area contributed by atoms with Gasteiger partial charge in [-0.25, -0.2) is 0 Å². The van der Waals surface area contributed by atoms with E-state index in [4.69, 9.17) is 16.3 Å². The summed E-state index contributed by atoms with van der Waals surface area (Å²) in [5.41, 5.74) is 1.88. The molecule has 0 aliphatic rings. The van der Waals surface area contributed by atoms with Crippen LogP contribution in [0.2, 0.25) is 5.02 Å². The largest absolute Gasteiger partial charge is 0.507 e. The number of benzene rings is 3. The lowest BCUT2D eigenvalue weighted by Gasteiger charge is -2.08. The van der Waals surface area contributed by atoms with E-state index in [1.54, 1.807) is 24.3 Å². The minimum atomic E-state index is 0.0166. The van der Waals surface area contributed by atoms with Gasteiger partial charge < -0.3 is 14.9 Å². The lowest BCUT2D eigenvalue weighted by Crippen LogP contribution is -1.95. The van der Waals surface area contributed by atoms with E-state index in [9.17, 15) is 10.2 Å². The number of phenolic OH excluding ortho intramolecular Hbond substituents is 2. The Balaban J connectivity index is 1.71.